The number of hydrogen-bond acceptors (Lipinski definition) is 4. The summed E-state index contributed by atoms with van der Waals surface area (Å²) in [7, 11) is 0. The number of rotatable bonds is 5. The summed E-state index contributed by atoms with van der Waals surface area (Å²) in [4.78, 5) is 20.0. The van der Waals surface area contributed by atoms with Gasteiger partial charge in [0.2, 0.25) is 0 Å². The molecule has 2 fully saturated rings. The van der Waals surface area contributed by atoms with Crippen molar-refractivity contribution in [2.45, 2.75) is 37.8 Å². The van der Waals surface area contributed by atoms with Crippen molar-refractivity contribution in [3.8, 4) is 0 Å². The van der Waals surface area contributed by atoms with Crippen molar-refractivity contribution in [3.63, 3.8) is 0 Å². The van der Waals surface area contributed by atoms with Gasteiger partial charge in [-0.1, -0.05) is 22.8 Å². The maximum Gasteiger partial charge on any atom is 0.269 e. The zero-order valence-corrected chi connectivity index (χ0v) is 14.7. The number of benzene rings is 1. The molecular weight excluding hydrogens is 345 g/mol. The van der Waals surface area contributed by atoms with E-state index >= 15 is 0 Å². The molecule has 1 saturated heterocycles. The van der Waals surface area contributed by atoms with E-state index in [9.17, 15) is 9.18 Å². The van der Waals surface area contributed by atoms with E-state index in [4.69, 9.17) is 16.4 Å². The lowest BCUT2D eigenvalue weighted by atomic mass is 9.96. The summed E-state index contributed by atoms with van der Waals surface area (Å²) in [5.41, 5.74) is 0.942. The molecule has 7 heteroatoms. The second kappa shape index (κ2) is 6.57. The molecule has 0 radical (unpaired) electrons. The second-order valence-corrected chi connectivity index (χ2v) is 7.76. The summed E-state index contributed by atoms with van der Waals surface area (Å²) < 4.78 is 13.6. The molecule has 25 heavy (non-hydrogen) atoms. The van der Waals surface area contributed by atoms with Crippen LogP contribution >= 0.6 is 11.6 Å². The Morgan fingerprint density at radius 3 is 3.08 bits per heavy atom. The lowest BCUT2D eigenvalue weighted by Crippen LogP contribution is -2.37. The Labute approximate surface area is 151 Å². The van der Waals surface area contributed by atoms with Gasteiger partial charge in [0.05, 0.1) is 5.02 Å². The molecule has 0 unspecified atom stereocenters. The molecule has 1 saturated carbocycles. The van der Waals surface area contributed by atoms with Gasteiger partial charge in [0, 0.05) is 39.0 Å². The minimum Gasteiger partial charge on any atom is -0.387 e. The van der Waals surface area contributed by atoms with Crippen LogP contribution in [-0.4, -0.2) is 41.8 Å². The quantitative estimate of drug-likeness (QED) is 0.873. The Morgan fingerprint density at radius 1 is 1.48 bits per heavy atom. The third-order valence-corrected chi connectivity index (χ3v) is 5.44. The molecule has 5 nitrogen and oxygen atoms in total. The third-order valence-electron chi connectivity index (χ3n) is 5.14. The second-order valence-electron chi connectivity index (χ2n) is 7.35. The van der Waals surface area contributed by atoms with Crippen LogP contribution in [0.2, 0.25) is 5.02 Å². The topological polar surface area (TPSA) is 53.9 Å². The first-order valence-electron chi connectivity index (χ1n) is 8.73. The lowest BCUT2D eigenvalue weighted by Gasteiger charge is -2.21. The van der Waals surface area contributed by atoms with Crippen molar-refractivity contribution in [1.29, 1.82) is 0 Å². The number of hydrogen-bond donors (Lipinski definition) is 1. The molecule has 1 aromatic carbocycles. The summed E-state index contributed by atoms with van der Waals surface area (Å²) >= 11 is 5.73. The predicted octanol–water partition coefficient (Wildman–Crippen LogP) is 2.73. The SMILES string of the molecule is O=C(NCC1CC1)C1=NO[C@@]2(CCN(Cc3ccc(Cl)c(F)c3)C2)C1. The summed E-state index contributed by atoms with van der Waals surface area (Å²) in [6.07, 6.45) is 3.75. The van der Waals surface area contributed by atoms with Gasteiger partial charge in [-0.3, -0.25) is 9.69 Å². The minimum absolute atomic E-state index is 0.109. The molecule has 1 spiro atoms. The van der Waals surface area contributed by atoms with E-state index in [0.717, 1.165) is 25.1 Å². The van der Waals surface area contributed by atoms with Crippen molar-refractivity contribution in [3.05, 3.63) is 34.6 Å². The Balaban J connectivity index is 1.31. The highest BCUT2D eigenvalue weighted by Crippen LogP contribution is 2.35. The van der Waals surface area contributed by atoms with Crippen molar-refractivity contribution in [2.75, 3.05) is 19.6 Å². The van der Waals surface area contributed by atoms with Crippen LogP contribution in [0, 0.1) is 11.7 Å². The molecular formula is C18H21ClFN3O2. The molecule has 2 aliphatic heterocycles. The number of nitrogens with one attached hydrogen (secondary N) is 1. The van der Waals surface area contributed by atoms with Crippen LogP contribution in [0.4, 0.5) is 4.39 Å². The maximum absolute atomic E-state index is 13.6. The van der Waals surface area contributed by atoms with E-state index in [2.05, 4.69) is 15.4 Å². The molecule has 1 N–H and O–H groups in total. The normalized spacial score (nSPS) is 25.9. The van der Waals surface area contributed by atoms with E-state index in [1.807, 2.05) is 6.07 Å². The van der Waals surface area contributed by atoms with Crippen LogP contribution in [0.15, 0.2) is 23.4 Å². The third kappa shape index (κ3) is 3.80. The molecule has 1 aromatic rings. The zero-order valence-electron chi connectivity index (χ0n) is 13.9. The number of nitrogens with zero attached hydrogens (tertiary/aromatic N) is 2. The van der Waals surface area contributed by atoms with Gasteiger partial charge < -0.3 is 10.2 Å². The molecule has 0 aromatic heterocycles. The number of oxime groups is 1. The first-order valence-corrected chi connectivity index (χ1v) is 9.10. The Bertz CT molecular complexity index is 722. The van der Waals surface area contributed by atoms with Crippen molar-refractivity contribution >= 4 is 23.2 Å². The van der Waals surface area contributed by atoms with Gasteiger partial charge in [0.1, 0.15) is 11.5 Å². The fourth-order valence-corrected chi connectivity index (χ4v) is 3.60. The van der Waals surface area contributed by atoms with Crippen molar-refractivity contribution in [1.82, 2.24) is 10.2 Å². The van der Waals surface area contributed by atoms with E-state index in [1.54, 1.807) is 6.07 Å². The van der Waals surface area contributed by atoms with E-state index in [0.29, 0.717) is 31.1 Å². The largest absolute Gasteiger partial charge is 0.387 e. The van der Waals surface area contributed by atoms with Crippen LogP contribution in [0.5, 0.6) is 0 Å². The van der Waals surface area contributed by atoms with Crippen LogP contribution in [0.25, 0.3) is 0 Å². The van der Waals surface area contributed by atoms with Gasteiger partial charge in [0.15, 0.2) is 5.60 Å². The smallest absolute Gasteiger partial charge is 0.269 e. The summed E-state index contributed by atoms with van der Waals surface area (Å²) in [5.74, 6) is 0.132. The highest BCUT2D eigenvalue weighted by Gasteiger charge is 2.46. The van der Waals surface area contributed by atoms with Crippen molar-refractivity contribution in [2.24, 2.45) is 11.1 Å². The number of amides is 1. The average Bonchev–Trinajstić information content (AvgIpc) is 3.22. The number of halogens is 2. The average molecular weight is 366 g/mol. The van der Waals surface area contributed by atoms with Gasteiger partial charge in [-0.15, -0.1) is 0 Å². The first-order chi connectivity index (χ1) is 12.0. The standard InChI is InChI=1S/C18H21ClFN3O2/c19-14-4-3-13(7-15(14)20)10-23-6-5-18(11-23)8-16(22-25-18)17(24)21-9-12-1-2-12/h3-4,7,12H,1-2,5-6,8-11H2,(H,21,24)/t18-/m0/s1. The van der Waals surface area contributed by atoms with Gasteiger partial charge in [0.25, 0.3) is 5.91 Å². The summed E-state index contributed by atoms with van der Waals surface area (Å²) in [5, 5.41) is 7.11. The molecule has 0 bridgehead atoms. The van der Waals surface area contributed by atoms with Crippen LogP contribution < -0.4 is 5.32 Å². The van der Waals surface area contributed by atoms with Crippen LogP contribution in [0.1, 0.15) is 31.2 Å². The monoisotopic (exact) mass is 365 g/mol. The molecule has 2 heterocycles. The van der Waals surface area contributed by atoms with Crippen LogP contribution in [0.3, 0.4) is 0 Å². The summed E-state index contributed by atoms with van der Waals surface area (Å²) in [6, 6.07) is 4.88. The van der Waals surface area contributed by atoms with Crippen LogP contribution in [-0.2, 0) is 16.2 Å². The molecule has 1 aliphatic carbocycles. The van der Waals surface area contributed by atoms with E-state index in [1.165, 1.54) is 18.9 Å². The number of carbonyl (C=O) groups is 1. The number of likely N-dealkylation sites (tertiary alicyclic amines) is 1. The lowest BCUT2D eigenvalue weighted by molar-refractivity contribution is -0.115. The van der Waals surface area contributed by atoms with E-state index in [-0.39, 0.29) is 10.9 Å². The Hall–Kier alpha value is -1.66. The Kier molecular flexibility index (Phi) is 4.41. The fraction of sp³-hybridized carbons (Fsp3) is 0.556. The molecule has 1 atom stereocenters. The minimum atomic E-state index is -0.419. The van der Waals surface area contributed by atoms with Gasteiger partial charge in [-0.25, -0.2) is 4.39 Å². The fourth-order valence-electron chi connectivity index (χ4n) is 3.48. The number of carbonyl (C=O) groups excluding carboxylic acids is 1. The molecule has 4 rings (SSSR count). The summed E-state index contributed by atoms with van der Waals surface area (Å²) in [6.45, 7) is 2.87. The predicted molar refractivity (Wildman–Crippen MR) is 92.9 cm³/mol. The molecule has 3 aliphatic rings. The van der Waals surface area contributed by atoms with Crippen molar-refractivity contribution < 1.29 is 14.0 Å². The first kappa shape index (κ1) is 16.8. The molecule has 134 valence electrons. The van der Waals surface area contributed by atoms with Gasteiger partial charge in [-0.2, -0.15) is 0 Å². The highest BCUT2D eigenvalue weighted by atomic mass is 35.5. The highest BCUT2D eigenvalue weighted by molar-refractivity contribution is 6.39. The van der Waals surface area contributed by atoms with Gasteiger partial charge in [-0.05, 0) is 36.5 Å². The molecule has 1 amide bonds. The van der Waals surface area contributed by atoms with E-state index < -0.39 is 11.4 Å². The maximum atomic E-state index is 13.6. The van der Waals surface area contributed by atoms with Gasteiger partial charge >= 0.3 is 0 Å². The zero-order chi connectivity index (χ0) is 17.4. The Morgan fingerprint density at radius 2 is 2.32 bits per heavy atom.